The summed E-state index contributed by atoms with van der Waals surface area (Å²) in [7, 11) is -3.62. The van der Waals surface area contributed by atoms with Crippen LogP contribution >= 0.6 is 0 Å². The maximum Gasteiger partial charge on any atom is 0.240 e. The molecule has 2 aromatic rings. The van der Waals surface area contributed by atoms with Crippen LogP contribution in [-0.4, -0.2) is 14.2 Å². The van der Waals surface area contributed by atoms with Crippen LogP contribution in [0.4, 0.5) is 0 Å². The molecule has 0 aromatic heterocycles. The highest BCUT2D eigenvalue weighted by Gasteiger charge is 2.15. The Hall–Kier alpha value is -1.98. The molecule has 1 N–H and O–H groups in total. The maximum absolute atomic E-state index is 12.2. The molecule has 0 aliphatic carbocycles. The minimum Gasteiger partial charge on any atom is -0.294 e. The number of carbonyl (C=O) groups is 1. The summed E-state index contributed by atoms with van der Waals surface area (Å²) in [6, 6.07) is 15.4. The summed E-state index contributed by atoms with van der Waals surface area (Å²) >= 11 is 0. The first kappa shape index (κ1) is 15.4. The van der Waals surface area contributed by atoms with Crippen LogP contribution in [0.25, 0.3) is 0 Å². The average molecular weight is 303 g/mol. The summed E-state index contributed by atoms with van der Waals surface area (Å²) in [5, 5.41) is 0. The molecule has 2 rings (SSSR count). The molecule has 21 heavy (non-hydrogen) atoms. The van der Waals surface area contributed by atoms with Gasteiger partial charge in [0, 0.05) is 18.5 Å². The van der Waals surface area contributed by atoms with Crippen molar-refractivity contribution in [2.24, 2.45) is 0 Å². The van der Waals surface area contributed by atoms with E-state index >= 15 is 0 Å². The zero-order chi connectivity index (χ0) is 15.3. The fourth-order valence-electron chi connectivity index (χ4n) is 1.90. The Morgan fingerprint density at radius 1 is 1.05 bits per heavy atom. The summed E-state index contributed by atoms with van der Waals surface area (Å²) in [5.41, 5.74) is 1.29. The van der Waals surface area contributed by atoms with Crippen molar-refractivity contribution in [3.05, 3.63) is 65.7 Å². The third kappa shape index (κ3) is 4.00. The van der Waals surface area contributed by atoms with E-state index in [9.17, 15) is 13.2 Å². The van der Waals surface area contributed by atoms with E-state index in [1.165, 1.54) is 12.1 Å². The number of nitrogens with one attached hydrogen (secondary N) is 1. The SMILES string of the molecule is CCC(=O)c1cccc(S(=O)(=O)NCc2ccccc2)c1. The number of benzene rings is 2. The van der Waals surface area contributed by atoms with Gasteiger partial charge in [-0.15, -0.1) is 0 Å². The summed E-state index contributed by atoms with van der Waals surface area (Å²) in [5.74, 6) is -0.0740. The van der Waals surface area contributed by atoms with E-state index in [-0.39, 0.29) is 17.2 Å². The molecule has 0 fully saturated rings. The van der Waals surface area contributed by atoms with Gasteiger partial charge in [-0.1, -0.05) is 49.4 Å². The highest BCUT2D eigenvalue weighted by atomic mass is 32.2. The molecule has 0 saturated carbocycles. The molecule has 0 aliphatic rings. The van der Waals surface area contributed by atoms with Gasteiger partial charge in [0.1, 0.15) is 0 Å². The predicted octanol–water partition coefficient (Wildman–Crippen LogP) is 2.76. The molecule has 0 saturated heterocycles. The van der Waals surface area contributed by atoms with E-state index in [1.54, 1.807) is 19.1 Å². The molecule has 4 nitrogen and oxygen atoms in total. The van der Waals surface area contributed by atoms with E-state index in [1.807, 2.05) is 30.3 Å². The van der Waals surface area contributed by atoms with Gasteiger partial charge in [-0.05, 0) is 17.7 Å². The summed E-state index contributed by atoms with van der Waals surface area (Å²) < 4.78 is 27.0. The molecule has 110 valence electrons. The first-order valence-corrected chi connectivity index (χ1v) is 8.18. The molecular weight excluding hydrogens is 286 g/mol. The normalized spacial score (nSPS) is 11.3. The van der Waals surface area contributed by atoms with Crippen LogP contribution < -0.4 is 4.72 Å². The number of sulfonamides is 1. The molecule has 0 heterocycles. The largest absolute Gasteiger partial charge is 0.294 e. The van der Waals surface area contributed by atoms with Crippen molar-refractivity contribution < 1.29 is 13.2 Å². The standard InChI is InChI=1S/C16H17NO3S/c1-2-16(18)14-9-6-10-15(11-14)21(19,20)17-12-13-7-4-3-5-8-13/h3-11,17H,2,12H2,1H3. The van der Waals surface area contributed by atoms with Gasteiger partial charge < -0.3 is 0 Å². The maximum atomic E-state index is 12.2. The summed E-state index contributed by atoms with van der Waals surface area (Å²) in [6.45, 7) is 1.96. The van der Waals surface area contributed by atoms with E-state index < -0.39 is 10.0 Å². The molecule has 5 heteroatoms. The van der Waals surface area contributed by atoms with Crippen LogP contribution in [0, 0.1) is 0 Å². The smallest absolute Gasteiger partial charge is 0.240 e. The van der Waals surface area contributed by atoms with Gasteiger partial charge in [-0.3, -0.25) is 4.79 Å². The Kier molecular flexibility index (Phi) is 4.88. The van der Waals surface area contributed by atoms with Gasteiger partial charge in [-0.2, -0.15) is 0 Å². The van der Waals surface area contributed by atoms with Crippen LogP contribution in [0.5, 0.6) is 0 Å². The van der Waals surface area contributed by atoms with Crippen LogP contribution in [0.1, 0.15) is 29.3 Å². The monoisotopic (exact) mass is 303 g/mol. The van der Waals surface area contributed by atoms with E-state index in [0.29, 0.717) is 12.0 Å². The third-order valence-corrected chi connectivity index (χ3v) is 4.50. The Balaban J connectivity index is 2.18. The Labute approximate surface area is 124 Å². The predicted molar refractivity (Wildman–Crippen MR) is 81.5 cm³/mol. The van der Waals surface area contributed by atoms with Gasteiger partial charge in [0.25, 0.3) is 0 Å². The number of hydrogen-bond donors (Lipinski definition) is 1. The van der Waals surface area contributed by atoms with Crippen molar-refractivity contribution in [3.8, 4) is 0 Å². The fourth-order valence-corrected chi connectivity index (χ4v) is 2.96. The Morgan fingerprint density at radius 3 is 2.43 bits per heavy atom. The van der Waals surface area contributed by atoms with Crippen molar-refractivity contribution >= 4 is 15.8 Å². The molecule has 2 aromatic carbocycles. The van der Waals surface area contributed by atoms with Crippen LogP contribution in [-0.2, 0) is 16.6 Å². The van der Waals surface area contributed by atoms with E-state index in [4.69, 9.17) is 0 Å². The number of hydrogen-bond acceptors (Lipinski definition) is 3. The van der Waals surface area contributed by atoms with Crippen molar-refractivity contribution in [1.82, 2.24) is 4.72 Å². The summed E-state index contributed by atoms with van der Waals surface area (Å²) in [4.78, 5) is 11.8. The quantitative estimate of drug-likeness (QED) is 0.835. The van der Waals surface area contributed by atoms with Crippen LogP contribution in [0.3, 0.4) is 0 Å². The van der Waals surface area contributed by atoms with Crippen LogP contribution in [0.2, 0.25) is 0 Å². The minimum absolute atomic E-state index is 0.0740. The zero-order valence-electron chi connectivity index (χ0n) is 11.7. The zero-order valence-corrected chi connectivity index (χ0v) is 12.6. The lowest BCUT2D eigenvalue weighted by molar-refractivity contribution is 0.0988. The highest BCUT2D eigenvalue weighted by molar-refractivity contribution is 7.89. The molecule has 0 unspecified atom stereocenters. The molecular formula is C16H17NO3S. The number of Topliss-reactive ketones (excluding diaryl/α,β-unsaturated/α-hetero) is 1. The number of ketones is 1. The third-order valence-electron chi connectivity index (χ3n) is 3.10. The van der Waals surface area contributed by atoms with Gasteiger partial charge in [0.05, 0.1) is 4.90 Å². The first-order valence-electron chi connectivity index (χ1n) is 6.70. The average Bonchev–Trinajstić information content (AvgIpc) is 2.53. The fraction of sp³-hybridized carbons (Fsp3) is 0.188. The van der Waals surface area contributed by atoms with Gasteiger partial charge >= 0.3 is 0 Å². The molecule has 0 radical (unpaired) electrons. The number of carbonyl (C=O) groups excluding carboxylic acids is 1. The molecule has 0 atom stereocenters. The molecule has 0 spiro atoms. The second-order valence-electron chi connectivity index (χ2n) is 4.61. The Morgan fingerprint density at radius 2 is 1.76 bits per heavy atom. The lowest BCUT2D eigenvalue weighted by atomic mass is 10.1. The highest BCUT2D eigenvalue weighted by Crippen LogP contribution is 2.13. The molecule has 0 aliphatic heterocycles. The second-order valence-corrected chi connectivity index (χ2v) is 6.38. The van der Waals surface area contributed by atoms with Gasteiger partial charge in [0.15, 0.2) is 5.78 Å². The lowest BCUT2D eigenvalue weighted by Crippen LogP contribution is -2.23. The lowest BCUT2D eigenvalue weighted by Gasteiger charge is -2.08. The minimum atomic E-state index is -3.62. The van der Waals surface area contributed by atoms with Gasteiger partial charge in [-0.25, -0.2) is 13.1 Å². The van der Waals surface area contributed by atoms with E-state index in [0.717, 1.165) is 5.56 Å². The number of rotatable bonds is 6. The van der Waals surface area contributed by atoms with Crippen molar-refractivity contribution in [1.29, 1.82) is 0 Å². The van der Waals surface area contributed by atoms with Crippen LogP contribution in [0.15, 0.2) is 59.5 Å². The van der Waals surface area contributed by atoms with Crippen molar-refractivity contribution in [2.75, 3.05) is 0 Å². The van der Waals surface area contributed by atoms with E-state index in [2.05, 4.69) is 4.72 Å². The first-order chi connectivity index (χ1) is 10.0. The molecule has 0 amide bonds. The van der Waals surface area contributed by atoms with Gasteiger partial charge in [0.2, 0.25) is 10.0 Å². The topological polar surface area (TPSA) is 63.2 Å². The molecule has 0 bridgehead atoms. The van der Waals surface area contributed by atoms with Crippen molar-refractivity contribution in [2.45, 2.75) is 24.8 Å². The van der Waals surface area contributed by atoms with Crippen molar-refractivity contribution in [3.63, 3.8) is 0 Å². The second kappa shape index (κ2) is 6.65. The Bertz CT molecular complexity index is 724. The summed E-state index contributed by atoms with van der Waals surface area (Å²) in [6.07, 6.45) is 0.348.